The van der Waals surface area contributed by atoms with Crippen molar-refractivity contribution in [3.05, 3.63) is 12.3 Å². The van der Waals surface area contributed by atoms with Gasteiger partial charge in [-0.3, -0.25) is 0 Å². The molecular formula is C28H56O4Si2. The third-order valence-corrected chi connectivity index (χ3v) is 18.5. The monoisotopic (exact) mass is 512 g/mol. The average Bonchev–Trinajstić information content (AvgIpc) is 2.64. The van der Waals surface area contributed by atoms with Crippen molar-refractivity contribution in [3.63, 3.8) is 0 Å². The van der Waals surface area contributed by atoms with E-state index in [2.05, 4.69) is 109 Å². The molecule has 2 saturated heterocycles. The Labute approximate surface area is 213 Å². The van der Waals surface area contributed by atoms with Gasteiger partial charge in [0.25, 0.3) is 0 Å². The fraction of sp³-hybridized carbons (Fsp3) is 0.929. The highest BCUT2D eigenvalue weighted by atomic mass is 28.4. The van der Waals surface area contributed by atoms with Crippen molar-refractivity contribution in [2.45, 2.75) is 143 Å². The Bertz CT molecular complexity index is 734. The topological polar surface area (TPSA) is 36.9 Å². The van der Waals surface area contributed by atoms with Crippen LogP contribution in [0.2, 0.25) is 36.3 Å². The van der Waals surface area contributed by atoms with E-state index in [4.69, 9.17) is 18.3 Å². The number of hydrogen-bond donors (Lipinski definition) is 0. The van der Waals surface area contributed by atoms with Crippen molar-refractivity contribution < 1.29 is 18.3 Å². The summed E-state index contributed by atoms with van der Waals surface area (Å²) in [5.41, 5.74) is 0. The average molecular weight is 513 g/mol. The van der Waals surface area contributed by atoms with Crippen LogP contribution in [0, 0.1) is 23.7 Å². The molecule has 0 N–H and O–H groups in total. The third kappa shape index (κ3) is 5.71. The van der Waals surface area contributed by atoms with Crippen LogP contribution >= 0.6 is 0 Å². The minimum Gasteiger partial charge on any atom is -0.466 e. The molecule has 0 aromatic heterocycles. The van der Waals surface area contributed by atoms with Gasteiger partial charge in [-0.05, 0) is 42.2 Å². The van der Waals surface area contributed by atoms with Crippen LogP contribution in [0.3, 0.4) is 0 Å². The van der Waals surface area contributed by atoms with Crippen LogP contribution in [0.5, 0.6) is 0 Å². The molecule has 0 aromatic rings. The van der Waals surface area contributed by atoms with Crippen LogP contribution in [0.25, 0.3) is 0 Å². The minimum absolute atomic E-state index is 0.0110. The summed E-state index contributed by atoms with van der Waals surface area (Å²) in [5, 5.41) is 0.284. The van der Waals surface area contributed by atoms with Gasteiger partial charge >= 0.3 is 0 Å². The van der Waals surface area contributed by atoms with Crippen molar-refractivity contribution in [3.8, 4) is 0 Å². The lowest BCUT2D eigenvalue weighted by Crippen LogP contribution is -2.65. The molecule has 0 aromatic carbocycles. The lowest BCUT2D eigenvalue weighted by molar-refractivity contribution is -0.347. The van der Waals surface area contributed by atoms with Crippen LogP contribution in [0.15, 0.2) is 12.3 Å². The van der Waals surface area contributed by atoms with Gasteiger partial charge in [0.2, 0.25) is 5.79 Å². The SMILES string of the molecule is C=C1O[C@@]2(C[C@@H](O[Si](C)(C)C(C)(C)C)[C@H](C)[C@@H](C(C)C)O2)[C@@H](C)[C@H](O[Si](C)(C)C(C)(C)C)[C@@H]1C. The highest BCUT2D eigenvalue weighted by Crippen LogP contribution is 2.52. The molecule has 200 valence electrons. The standard InChI is InChI=1S/C28H56O4Si2/c1-18(2)24-20(4)23(31-33(13,14)26(7,8)9)17-28(30-24)21(5)25(19(3)22(6)29-28)32-34(15,16)27(10,11)12/h18-21,23-25H,6,17H2,1-5,7-16H3/t19-,20+,21+,23-,24-,25-,28-/m1/s1. The molecule has 0 bridgehead atoms. The van der Waals surface area contributed by atoms with Gasteiger partial charge in [-0.1, -0.05) is 82.7 Å². The van der Waals surface area contributed by atoms with Gasteiger partial charge in [0.05, 0.1) is 24.1 Å². The van der Waals surface area contributed by atoms with E-state index in [1.165, 1.54) is 0 Å². The van der Waals surface area contributed by atoms with Crippen molar-refractivity contribution in [1.82, 2.24) is 0 Å². The smallest absolute Gasteiger partial charge is 0.217 e. The Balaban J connectivity index is 2.49. The van der Waals surface area contributed by atoms with Gasteiger partial charge in [0.1, 0.15) is 0 Å². The molecule has 2 aliphatic rings. The molecule has 0 saturated carbocycles. The summed E-state index contributed by atoms with van der Waals surface area (Å²) in [6, 6.07) is 0. The maximum atomic E-state index is 7.08. The van der Waals surface area contributed by atoms with Crippen molar-refractivity contribution >= 4 is 16.6 Å². The van der Waals surface area contributed by atoms with Crippen molar-refractivity contribution in [1.29, 1.82) is 0 Å². The first kappa shape index (κ1) is 30.1. The summed E-state index contributed by atoms with van der Waals surface area (Å²) in [5.74, 6) is 0.857. The Morgan fingerprint density at radius 1 is 0.912 bits per heavy atom. The molecule has 0 unspecified atom stereocenters. The van der Waals surface area contributed by atoms with E-state index in [0.29, 0.717) is 18.3 Å². The molecule has 4 nitrogen and oxygen atoms in total. The molecule has 0 aliphatic carbocycles. The second-order valence-electron chi connectivity index (χ2n) is 14.6. The molecule has 1 spiro atoms. The molecule has 2 aliphatic heterocycles. The first-order chi connectivity index (χ1) is 15.1. The lowest BCUT2D eigenvalue weighted by Gasteiger charge is -2.58. The molecule has 2 rings (SSSR count). The number of ether oxygens (including phenoxy) is 2. The Morgan fingerprint density at radius 2 is 1.38 bits per heavy atom. The summed E-state index contributed by atoms with van der Waals surface area (Å²) in [6.07, 6.45) is 0.866. The molecular weight excluding hydrogens is 456 g/mol. The van der Waals surface area contributed by atoms with E-state index in [1.54, 1.807) is 0 Å². The lowest BCUT2D eigenvalue weighted by atomic mass is 9.75. The fourth-order valence-corrected chi connectivity index (χ4v) is 7.72. The largest absolute Gasteiger partial charge is 0.466 e. The van der Waals surface area contributed by atoms with Crippen LogP contribution in [-0.4, -0.2) is 40.7 Å². The summed E-state index contributed by atoms with van der Waals surface area (Å²) >= 11 is 0. The van der Waals surface area contributed by atoms with Gasteiger partial charge in [0.15, 0.2) is 16.6 Å². The zero-order valence-corrected chi connectivity index (χ0v) is 27.1. The predicted octanol–water partition coefficient (Wildman–Crippen LogP) is 8.36. The van der Waals surface area contributed by atoms with E-state index in [1.807, 2.05) is 0 Å². The summed E-state index contributed by atoms with van der Waals surface area (Å²) in [6.45, 7) is 38.8. The molecule has 6 heteroatoms. The fourth-order valence-electron chi connectivity index (χ4n) is 4.87. The Morgan fingerprint density at radius 3 is 1.82 bits per heavy atom. The number of hydrogen-bond acceptors (Lipinski definition) is 4. The molecule has 7 atom stereocenters. The van der Waals surface area contributed by atoms with E-state index in [-0.39, 0.29) is 40.2 Å². The summed E-state index contributed by atoms with van der Waals surface area (Å²) in [7, 11) is -3.96. The van der Waals surface area contributed by atoms with E-state index >= 15 is 0 Å². The second kappa shape index (κ2) is 9.62. The second-order valence-corrected chi connectivity index (χ2v) is 24.1. The van der Waals surface area contributed by atoms with E-state index < -0.39 is 22.4 Å². The quantitative estimate of drug-likeness (QED) is 0.347. The first-order valence-electron chi connectivity index (χ1n) is 13.5. The molecule has 2 fully saturated rings. The van der Waals surface area contributed by atoms with Gasteiger partial charge in [-0.25, -0.2) is 0 Å². The van der Waals surface area contributed by atoms with Gasteiger partial charge in [-0.15, -0.1) is 0 Å². The molecule has 34 heavy (non-hydrogen) atoms. The first-order valence-corrected chi connectivity index (χ1v) is 19.3. The van der Waals surface area contributed by atoms with Gasteiger partial charge in [-0.2, -0.15) is 0 Å². The molecule has 0 amide bonds. The predicted molar refractivity (Wildman–Crippen MR) is 149 cm³/mol. The normalized spacial score (nSPS) is 36.2. The Kier molecular flexibility index (Phi) is 8.51. The molecule has 2 heterocycles. The highest BCUT2D eigenvalue weighted by Gasteiger charge is 2.59. The van der Waals surface area contributed by atoms with Gasteiger partial charge < -0.3 is 18.3 Å². The maximum absolute atomic E-state index is 7.08. The third-order valence-electron chi connectivity index (χ3n) is 9.56. The van der Waals surface area contributed by atoms with Crippen LogP contribution in [0.1, 0.15) is 82.6 Å². The van der Waals surface area contributed by atoms with Gasteiger partial charge in [0, 0.05) is 24.2 Å². The van der Waals surface area contributed by atoms with Crippen LogP contribution in [-0.2, 0) is 18.3 Å². The number of rotatable bonds is 5. The van der Waals surface area contributed by atoms with Crippen LogP contribution < -0.4 is 0 Å². The van der Waals surface area contributed by atoms with Crippen LogP contribution in [0.4, 0.5) is 0 Å². The van der Waals surface area contributed by atoms with E-state index in [0.717, 1.165) is 5.76 Å². The summed E-state index contributed by atoms with van der Waals surface area (Å²) in [4.78, 5) is 0. The van der Waals surface area contributed by atoms with Crippen molar-refractivity contribution in [2.24, 2.45) is 23.7 Å². The highest BCUT2D eigenvalue weighted by molar-refractivity contribution is 6.74. The zero-order valence-electron chi connectivity index (χ0n) is 25.1. The Hall–Kier alpha value is -0.146. The maximum Gasteiger partial charge on any atom is 0.217 e. The van der Waals surface area contributed by atoms with Crippen molar-refractivity contribution in [2.75, 3.05) is 0 Å². The summed E-state index contributed by atoms with van der Waals surface area (Å²) < 4.78 is 27.8. The zero-order chi connectivity index (χ0) is 26.7. The molecule has 0 radical (unpaired) electrons. The van der Waals surface area contributed by atoms with E-state index in [9.17, 15) is 0 Å². The minimum atomic E-state index is -1.99.